The molecule has 0 spiro atoms. The summed E-state index contributed by atoms with van der Waals surface area (Å²) in [5.74, 6) is 2.96. The Morgan fingerprint density at radius 3 is 3.10 bits per heavy atom. The molecule has 5 nitrogen and oxygen atoms in total. The van der Waals surface area contributed by atoms with Crippen molar-refractivity contribution in [2.24, 2.45) is 0 Å². The van der Waals surface area contributed by atoms with E-state index in [2.05, 4.69) is 23.1 Å². The van der Waals surface area contributed by atoms with E-state index in [0.29, 0.717) is 18.3 Å². The second-order valence-electron chi connectivity index (χ2n) is 5.69. The first kappa shape index (κ1) is 13.2. The van der Waals surface area contributed by atoms with Gasteiger partial charge in [-0.05, 0) is 25.5 Å². The molecule has 21 heavy (non-hydrogen) atoms. The number of hydrogen-bond donors (Lipinski definition) is 0. The number of thioether (sulfide) groups is 1. The average molecular weight is 304 g/mol. The molecule has 1 aromatic carbocycles. The number of aromatic nitrogens is 2. The first-order valence-corrected chi connectivity index (χ1v) is 8.03. The van der Waals surface area contributed by atoms with E-state index in [4.69, 9.17) is 14.0 Å². The number of para-hydroxylation sites is 1. The van der Waals surface area contributed by atoms with Crippen LogP contribution in [0, 0.1) is 0 Å². The van der Waals surface area contributed by atoms with Crippen LogP contribution in [0.15, 0.2) is 33.7 Å². The molecule has 1 aromatic heterocycles. The zero-order valence-electron chi connectivity index (χ0n) is 11.7. The lowest BCUT2D eigenvalue weighted by atomic mass is 9.90. The van der Waals surface area contributed by atoms with Gasteiger partial charge in [0.1, 0.15) is 5.75 Å². The lowest BCUT2D eigenvalue weighted by Crippen LogP contribution is -2.23. The summed E-state index contributed by atoms with van der Waals surface area (Å²) in [6, 6.07) is 8.03. The average Bonchev–Trinajstić information content (AvgIpc) is 3.17. The molecule has 110 valence electrons. The van der Waals surface area contributed by atoms with Crippen LogP contribution in [-0.2, 0) is 10.2 Å². The van der Waals surface area contributed by atoms with Crippen molar-refractivity contribution in [3.05, 3.63) is 36.0 Å². The normalized spacial score (nSPS) is 28.1. The maximum Gasteiger partial charge on any atom is 0.235 e. The van der Waals surface area contributed by atoms with Gasteiger partial charge in [0.2, 0.25) is 11.7 Å². The Bertz CT molecular complexity index is 652. The number of benzene rings is 1. The van der Waals surface area contributed by atoms with Crippen LogP contribution < -0.4 is 4.74 Å². The quantitative estimate of drug-likeness (QED) is 0.850. The molecule has 0 aliphatic carbocycles. The van der Waals surface area contributed by atoms with Crippen LogP contribution in [0.2, 0.25) is 0 Å². The standard InChI is InChI=1S/C15H16N2O3S/c1-15(6-7-18-9-15)14-16-13(17-20-14)11-8-21-12-5-3-2-4-10(12)19-11/h2-5,11H,6-9H2,1H3. The molecule has 1 fully saturated rings. The molecule has 2 unspecified atom stereocenters. The first-order valence-electron chi connectivity index (χ1n) is 7.05. The molecular formula is C15H16N2O3S. The van der Waals surface area contributed by atoms with E-state index in [0.717, 1.165) is 29.4 Å². The summed E-state index contributed by atoms with van der Waals surface area (Å²) < 4.78 is 16.9. The van der Waals surface area contributed by atoms with Gasteiger partial charge in [-0.15, -0.1) is 11.8 Å². The third-order valence-corrected chi connectivity index (χ3v) is 5.09. The Morgan fingerprint density at radius 1 is 1.33 bits per heavy atom. The Balaban J connectivity index is 1.57. The van der Waals surface area contributed by atoms with Crippen LogP contribution in [0.3, 0.4) is 0 Å². The predicted molar refractivity (Wildman–Crippen MR) is 77.6 cm³/mol. The lowest BCUT2D eigenvalue weighted by molar-refractivity contribution is 0.169. The highest BCUT2D eigenvalue weighted by atomic mass is 32.2. The van der Waals surface area contributed by atoms with E-state index in [1.807, 2.05) is 18.2 Å². The summed E-state index contributed by atoms with van der Waals surface area (Å²) in [5.41, 5.74) is -0.162. The molecule has 2 aliphatic rings. The van der Waals surface area contributed by atoms with E-state index in [9.17, 15) is 0 Å². The highest BCUT2D eigenvalue weighted by molar-refractivity contribution is 7.99. The third kappa shape index (κ3) is 2.32. The van der Waals surface area contributed by atoms with Crippen molar-refractivity contribution in [3.8, 4) is 5.75 Å². The minimum atomic E-state index is -0.162. The molecule has 1 saturated heterocycles. The zero-order valence-corrected chi connectivity index (χ0v) is 12.6. The van der Waals surface area contributed by atoms with Gasteiger partial charge in [-0.3, -0.25) is 0 Å². The van der Waals surface area contributed by atoms with Crippen molar-refractivity contribution in [1.82, 2.24) is 10.1 Å². The fourth-order valence-electron chi connectivity index (χ4n) is 2.59. The molecule has 6 heteroatoms. The summed E-state index contributed by atoms with van der Waals surface area (Å²) in [7, 11) is 0. The number of ether oxygens (including phenoxy) is 2. The molecule has 4 rings (SSSR count). The minimum absolute atomic E-state index is 0.159. The van der Waals surface area contributed by atoms with E-state index >= 15 is 0 Å². The molecule has 0 amide bonds. The maximum atomic E-state index is 5.99. The van der Waals surface area contributed by atoms with Crippen molar-refractivity contribution in [2.75, 3.05) is 19.0 Å². The van der Waals surface area contributed by atoms with Crippen LogP contribution in [0.4, 0.5) is 0 Å². The van der Waals surface area contributed by atoms with Crippen LogP contribution in [0.1, 0.15) is 31.2 Å². The van der Waals surface area contributed by atoms with Gasteiger partial charge in [-0.1, -0.05) is 17.3 Å². The monoisotopic (exact) mass is 304 g/mol. The van der Waals surface area contributed by atoms with E-state index in [1.165, 1.54) is 0 Å². The van der Waals surface area contributed by atoms with E-state index in [-0.39, 0.29) is 11.5 Å². The molecule has 0 N–H and O–H groups in total. The smallest absolute Gasteiger partial charge is 0.235 e. The van der Waals surface area contributed by atoms with Gasteiger partial charge in [0.25, 0.3) is 0 Å². The first-order chi connectivity index (χ1) is 10.2. The van der Waals surface area contributed by atoms with Gasteiger partial charge < -0.3 is 14.0 Å². The Morgan fingerprint density at radius 2 is 2.24 bits per heavy atom. The predicted octanol–water partition coefficient (Wildman–Crippen LogP) is 2.97. The Labute approximate surface area is 127 Å². The highest BCUT2D eigenvalue weighted by Crippen LogP contribution is 2.40. The van der Waals surface area contributed by atoms with Gasteiger partial charge in [-0.2, -0.15) is 4.98 Å². The highest BCUT2D eigenvalue weighted by Gasteiger charge is 2.38. The number of fused-ring (bicyclic) bond motifs is 1. The fraction of sp³-hybridized carbons (Fsp3) is 0.467. The van der Waals surface area contributed by atoms with E-state index < -0.39 is 0 Å². The van der Waals surface area contributed by atoms with Crippen LogP contribution >= 0.6 is 11.8 Å². The van der Waals surface area contributed by atoms with Gasteiger partial charge in [0.15, 0.2) is 6.10 Å². The van der Waals surface area contributed by atoms with E-state index in [1.54, 1.807) is 11.8 Å². The van der Waals surface area contributed by atoms with Gasteiger partial charge in [-0.25, -0.2) is 0 Å². The molecule has 2 atom stereocenters. The molecular weight excluding hydrogens is 288 g/mol. The topological polar surface area (TPSA) is 57.4 Å². The van der Waals surface area contributed by atoms with Crippen molar-refractivity contribution in [3.63, 3.8) is 0 Å². The van der Waals surface area contributed by atoms with Gasteiger partial charge >= 0.3 is 0 Å². The second kappa shape index (κ2) is 5.03. The van der Waals surface area contributed by atoms with Crippen molar-refractivity contribution in [2.45, 2.75) is 29.8 Å². The lowest BCUT2D eigenvalue weighted by Gasteiger charge is -2.23. The van der Waals surface area contributed by atoms with Crippen molar-refractivity contribution < 1.29 is 14.0 Å². The summed E-state index contributed by atoms with van der Waals surface area (Å²) in [4.78, 5) is 5.73. The molecule has 0 bridgehead atoms. The molecule has 3 heterocycles. The van der Waals surface area contributed by atoms with Gasteiger partial charge in [0.05, 0.1) is 12.0 Å². The molecule has 2 aliphatic heterocycles. The third-order valence-electron chi connectivity index (χ3n) is 3.97. The minimum Gasteiger partial charge on any atom is -0.480 e. The second-order valence-corrected chi connectivity index (χ2v) is 6.75. The summed E-state index contributed by atoms with van der Waals surface area (Å²) >= 11 is 1.76. The number of nitrogens with zero attached hydrogens (tertiary/aromatic N) is 2. The Hall–Kier alpha value is -1.53. The SMILES string of the molecule is CC1(c2nc(C3CSc4ccccc4O3)no2)CCOC1. The van der Waals surface area contributed by atoms with Crippen LogP contribution in [-0.4, -0.2) is 29.1 Å². The Kier molecular flexibility index (Phi) is 3.15. The van der Waals surface area contributed by atoms with Gasteiger partial charge in [0, 0.05) is 17.3 Å². The van der Waals surface area contributed by atoms with Crippen molar-refractivity contribution >= 4 is 11.8 Å². The summed E-state index contributed by atoms with van der Waals surface area (Å²) in [5, 5.41) is 4.12. The van der Waals surface area contributed by atoms with Crippen molar-refractivity contribution in [1.29, 1.82) is 0 Å². The fourth-order valence-corrected chi connectivity index (χ4v) is 3.57. The maximum absolute atomic E-state index is 5.99. The molecule has 0 saturated carbocycles. The number of hydrogen-bond acceptors (Lipinski definition) is 6. The largest absolute Gasteiger partial charge is 0.480 e. The number of rotatable bonds is 2. The molecule has 2 aromatic rings. The van der Waals surface area contributed by atoms with Crippen LogP contribution in [0.25, 0.3) is 0 Å². The summed E-state index contributed by atoms with van der Waals surface area (Å²) in [6.45, 7) is 3.48. The molecule has 0 radical (unpaired) electrons. The van der Waals surface area contributed by atoms with Crippen LogP contribution in [0.5, 0.6) is 5.75 Å². The zero-order chi connectivity index (χ0) is 14.3. The summed E-state index contributed by atoms with van der Waals surface area (Å²) in [6.07, 6.45) is 0.755.